The Labute approximate surface area is 128 Å². The molecule has 1 aromatic carbocycles. The summed E-state index contributed by atoms with van der Waals surface area (Å²) in [5.74, 6) is -1.83. The van der Waals surface area contributed by atoms with Crippen molar-refractivity contribution in [1.29, 1.82) is 0 Å². The van der Waals surface area contributed by atoms with Gasteiger partial charge in [-0.25, -0.2) is 0 Å². The smallest absolute Gasteiger partial charge is 0.310 e. The largest absolute Gasteiger partial charge is 0.385 e. The molecule has 1 heterocycles. The molecule has 1 unspecified atom stereocenters. The molecule has 1 aliphatic heterocycles. The van der Waals surface area contributed by atoms with Crippen LogP contribution in [0.4, 0.5) is 5.69 Å². The molecule has 7 heteroatoms. The van der Waals surface area contributed by atoms with Gasteiger partial charge in [-0.05, 0) is 12.5 Å². The van der Waals surface area contributed by atoms with Crippen molar-refractivity contribution >= 4 is 23.4 Å². The summed E-state index contributed by atoms with van der Waals surface area (Å²) >= 11 is 0. The maximum atomic E-state index is 12.2. The van der Waals surface area contributed by atoms with E-state index in [2.05, 4.69) is 10.6 Å². The lowest BCUT2D eigenvalue weighted by atomic mass is 10.1. The molecular formula is C15H19N3O4. The minimum atomic E-state index is -0.821. The highest BCUT2D eigenvalue weighted by atomic mass is 16.5. The number of benzene rings is 1. The van der Waals surface area contributed by atoms with E-state index in [9.17, 15) is 14.4 Å². The van der Waals surface area contributed by atoms with Gasteiger partial charge in [0, 0.05) is 38.6 Å². The Morgan fingerprint density at radius 1 is 1.27 bits per heavy atom. The number of methoxy groups -OCH3 is 1. The molecule has 0 aromatic heterocycles. The van der Waals surface area contributed by atoms with Crippen molar-refractivity contribution in [2.24, 2.45) is 0 Å². The number of ether oxygens (including phenoxy) is 1. The number of carbonyl (C=O) groups is 3. The zero-order valence-corrected chi connectivity index (χ0v) is 12.6. The van der Waals surface area contributed by atoms with Crippen LogP contribution in [0.15, 0.2) is 24.3 Å². The monoisotopic (exact) mass is 305 g/mol. The van der Waals surface area contributed by atoms with Gasteiger partial charge in [-0.1, -0.05) is 18.2 Å². The zero-order chi connectivity index (χ0) is 16.1. The molecule has 0 spiro atoms. The fourth-order valence-corrected chi connectivity index (χ4v) is 2.32. The second-order valence-electron chi connectivity index (χ2n) is 4.96. The van der Waals surface area contributed by atoms with E-state index in [4.69, 9.17) is 4.74 Å². The highest BCUT2D eigenvalue weighted by Gasteiger charge is 2.36. The van der Waals surface area contributed by atoms with Crippen molar-refractivity contribution in [3.8, 4) is 0 Å². The molecule has 1 atom stereocenters. The van der Waals surface area contributed by atoms with Crippen molar-refractivity contribution in [2.75, 3.05) is 32.2 Å². The quantitative estimate of drug-likeness (QED) is 0.591. The van der Waals surface area contributed by atoms with Crippen LogP contribution in [0.1, 0.15) is 18.0 Å². The Morgan fingerprint density at radius 2 is 2.00 bits per heavy atom. The first-order chi connectivity index (χ1) is 10.6. The number of likely N-dealkylation sites (N-methyl/N-ethyl adjacent to an activating group) is 1. The number of hydrogen-bond acceptors (Lipinski definition) is 4. The molecule has 0 aliphatic carbocycles. The van der Waals surface area contributed by atoms with E-state index in [1.54, 1.807) is 32.4 Å². The summed E-state index contributed by atoms with van der Waals surface area (Å²) in [5.41, 5.74) is 1.42. The van der Waals surface area contributed by atoms with Gasteiger partial charge in [-0.3, -0.25) is 14.4 Å². The van der Waals surface area contributed by atoms with Gasteiger partial charge in [0.05, 0.1) is 0 Å². The maximum Gasteiger partial charge on any atom is 0.310 e. The molecule has 0 fully saturated rings. The second-order valence-corrected chi connectivity index (χ2v) is 4.96. The normalized spacial score (nSPS) is 16.4. The standard InChI is InChI=1S/C15H19N3O4/c1-18-11-7-4-3-6-10(11)12(15(18)21)17-14(20)13(19)16-8-5-9-22-2/h3-4,6-7,12H,5,8-9H2,1-2H3,(H,16,19)(H,17,20). The van der Waals surface area contributed by atoms with Gasteiger partial charge in [0.15, 0.2) is 0 Å². The van der Waals surface area contributed by atoms with Gasteiger partial charge in [-0.15, -0.1) is 0 Å². The third-order valence-electron chi connectivity index (χ3n) is 3.48. The van der Waals surface area contributed by atoms with Crippen LogP contribution in [0, 0.1) is 0 Å². The lowest BCUT2D eigenvalue weighted by Crippen LogP contribution is -2.44. The molecule has 22 heavy (non-hydrogen) atoms. The van der Waals surface area contributed by atoms with E-state index >= 15 is 0 Å². The van der Waals surface area contributed by atoms with E-state index in [1.807, 2.05) is 6.07 Å². The molecule has 0 saturated heterocycles. The summed E-state index contributed by atoms with van der Waals surface area (Å²) < 4.78 is 4.85. The topological polar surface area (TPSA) is 87.7 Å². The third-order valence-corrected chi connectivity index (χ3v) is 3.48. The van der Waals surface area contributed by atoms with Crippen LogP contribution >= 0.6 is 0 Å². The molecule has 3 amide bonds. The number of para-hydroxylation sites is 1. The van der Waals surface area contributed by atoms with Crippen LogP contribution in [0.3, 0.4) is 0 Å². The maximum absolute atomic E-state index is 12.2. The summed E-state index contributed by atoms with van der Waals surface area (Å²) in [7, 11) is 3.20. The third kappa shape index (κ3) is 3.25. The number of nitrogens with one attached hydrogen (secondary N) is 2. The Bertz CT molecular complexity index is 588. The van der Waals surface area contributed by atoms with E-state index in [-0.39, 0.29) is 5.91 Å². The fraction of sp³-hybridized carbons (Fsp3) is 0.400. The Morgan fingerprint density at radius 3 is 2.73 bits per heavy atom. The van der Waals surface area contributed by atoms with E-state index in [0.29, 0.717) is 25.1 Å². The SMILES string of the molecule is COCCCNC(=O)C(=O)NC1C(=O)N(C)c2ccccc21. The molecule has 7 nitrogen and oxygen atoms in total. The number of carbonyl (C=O) groups excluding carboxylic acids is 3. The molecule has 118 valence electrons. The van der Waals surface area contributed by atoms with Crippen LogP contribution in [0.5, 0.6) is 0 Å². The predicted octanol–water partition coefficient (Wildman–Crippen LogP) is -0.0270. The highest BCUT2D eigenvalue weighted by Crippen LogP contribution is 2.34. The molecule has 2 rings (SSSR count). The summed E-state index contributed by atoms with van der Waals surface area (Å²) in [6.07, 6.45) is 0.615. The number of anilines is 1. The van der Waals surface area contributed by atoms with Gasteiger partial charge in [-0.2, -0.15) is 0 Å². The Hall–Kier alpha value is -2.41. The van der Waals surface area contributed by atoms with Crippen molar-refractivity contribution in [3.63, 3.8) is 0 Å². The average molecular weight is 305 g/mol. The van der Waals surface area contributed by atoms with Crippen molar-refractivity contribution in [3.05, 3.63) is 29.8 Å². The summed E-state index contributed by atoms with van der Waals surface area (Å²) in [5, 5.41) is 4.97. The van der Waals surface area contributed by atoms with Gasteiger partial charge in [0.2, 0.25) is 0 Å². The molecule has 1 aliphatic rings. The summed E-state index contributed by atoms with van der Waals surface area (Å²) in [4.78, 5) is 37.3. The molecular weight excluding hydrogens is 286 g/mol. The minimum absolute atomic E-state index is 0.262. The summed E-state index contributed by atoms with van der Waals surface area (Å²) in [6.45, 7) is 0.844. The molecule has 2 N–H and O–H groups in total. The Balaban J connectivity index is 1.97. The average Bonchev–Trinajstić information content (AvgIpc) is 2.77. The van der Waals surface area contributed by atoms with E-state index in [1.165, 1.54) is 4.90 Å². The van der Waals surface area contributed by atoms with Crippen LogP contribution in [0.25, 0.3) is 0 Å². The molecule has 0 bridgehead atoms. The molecule has 1 aromatic rings. The lowest BCUT2D eigenvalue weighted by molar-refractivity contribution is -0.140. The van der Waals surface area contributed by atoms with Gasteiger partial charge in [0.1, 0.15) is 6.04 Å². The first-order valence-electron chi connectivity index (χ1n) is 7.00. The highest BCUT2D eigenvalue weighted by molar-refractivity contribution is 6.35. The number of rotatable bonds is 5. The predicted molar refractivity (Wildman–Crippen MR) is 80.2 cm³/mol. The lowest BCUT2D eigenvalue weighted by Gasteiger charge is -2.13. The first kappa shape index (κ1) is 16.0. The van der Waals surface area contributed by atoms with Crippen LogP contribution in [-0.4, -0.2) is 45.0 Å². The number of amides is 3. The molecule has 0 radical (unpaired) electrons. The van der Waals surface area contributed by atoms with Gasteiger partial charge < -0.3 is 20.3 Å². The van der Waals surface area contributed by atoms with Crippen LogP contribution in [0.2, 0.25) is 0 Å². The van der Waals surface area contributed by atoms with Crippen molar-refractivity contribution < 1.29 is 19.1 Å². The van der Waals surface area contributed by atoms with Crippen molar-refractivity contribution in [2.45, 2.75) is 12.5 Å². The fourth-order valence-electron chi connectivity index (χ4n) is 2.32. The number of hydrogen-bond donors (Lipinski definition) is 2. The van der Waals surface area contributed by atoms with Crippen molar-refractivity contribution in [1.82, 2.24) is 10.6 Å². The zero-order valence-electron chi connectivity index (χ0n) is 12.6. The minimum Gasteiger partial charge on any atom is -0.385 e. The number of nitrogens with zero attached hydrogens (tertiary/aromatic N) is 1. The second kappa shape index (κ2) is 7.04. The molecule has 0 saturated carbocycles. The first-order valence-corrected chi connectivity index (χ1v) is 7.00. The van der Waals surface area contributed by atoms with E-state index in [0.717, 1.165) is 5.69 Å². The summed E-state index contributed by atoms with van der Waals surface area (Å²) in [6, 6.07) is 6.34. The van der Waals surface area contributed by atoms with Crippen LogP contribution < -0.4 is 15.5 Å². The Kier molecular flexibility index (Phi) is 5.11. The number of fused-ring (bicyclic) bond motifs is 1. The van der Waals surface area contributed by atoms with Gasteiger partial charge >= 0.3 is 11.8 Å². The van der Waals surface area contributed by atoms with Gasteiger partial charge in [0.25, 0.3) is 5.91 Å². The van der Waals surface area contributed by atoms with E-state index < -0.39 is 17.9 Å². The van der Waals surface area contributed by atoms with Crippen LogP contribution in [-0.2, 0) is 19.1 Å².